The maximum absolute atomic E-state index is 5.04. The third-order valence-corrected chi connectivity index (χ3v) is 0.827. The molecule has 10 heavy (non-hydrogen) atoms. The van der Waals surface area contributed by atoms with Gasteiger partial charge in [-0.2, -0.15) is 0 Å². The average molecular weight is 333 g/mol. The van der Waals surface area contributed by atoms with Gasteiger partial charge in [0.2, 0.25) is 0 Å². The van der Waals surface area contributed by atoms with Crippen LogP contribution in [0.4, 0.5) is 0 Å². The first kappa shape index (κ1) is 11.9. The van der Waals surface area contributed by atoms with Crippen LogP contribution in [0.1, 0.15) is 12.8 Å². The normalized spacial score (nSPS) is 18.0. The number of ether oxygens (including phenoxy) is 1. The average Bonchev–Trinajstić information content (AvgIpc) is 2.07. The summed E-state index contributed by atoms with van der Waals surface area (Å²) in [4.78, 5) is 0. The van der Waals surface area contributed by atoms with Crippen LogP contribution in [0.5, 0.6) is 0 Å². The summed E-state index contributed by atoms with van der Waals surface area (Å²) in [6.07, 6.45) is 2.56. The Morgan fingerprint density at radius 1 is 0.900 bits per heavy atom. The van der Waals surface area contributed by atoms with Gasteiger partial charge in [-0.1, -0.05) is 0 Å². The first-order chi connectivity index (χ1) is 4.50. The Morgan fingerprint density at radius 3 is 1.30 bits per heavy atom. The van der Waals surface area contributed by atoms with Crippen LogP contribution in [-0.4, -0.2) is 27.1 Å². The van der Waals surface area contributed by atoms with Gasteiger partial charge in [0.05, 0.1) is 0 Å². The predicted octanol–water partition coefficient (Wildman–Crippen LogP) is 3.17. The van der Waals surface area contributed by atoms with Crippen LogP contribution in [0.2, 0.25) is 0 Å². The molecule has 62 valence electrons. The molecule has 1 rings (SSSR count). The Hall–Kier alpha value is 1.92. The fraction of sp³-hybridized carbons (Fsp3) is 1.00. The summed E-state index contributed by atoms with van der Waals surface area (Å²) in [5.41, 5.74) is 0. The standard InChI is InChI=1S/C4H8O.4ClH.Sn/c1-2-4-5-3-1;;;;;/h1-4H2;4*1H;/q;;;;;+4/p-4. The first-order valence-corrected chi connectivity index (χ1v) is 17.3. The molecule has 0 aromatic carbocycles. The van der Waals surface area contributed by atoms with E-state index in [2.05, 4.69) is 0 Å². The van der Waals surface area contributed by atoms with Gasteiger partial charge in [-0.3, -0.25) is 0 Å². The van der Waals surface area contributed by atoms with E-state index in [0.717, 1.165) is 13.2 Å². The van der Waals surface area contributed by atoms with Crippen molar-refractivity contribution in [2.75, 3.05) is 13.2 Å². The first-order valence-electron chi connectivity index (χ1n) is 2.83. The van der Waals surface area contributed by atoms with Crippen LogP contribution in [0.15, 0.2) is 0 Å². The summed E-state index contributed by atoms with van der Waals surface area (Å²) >= 11 is -3.29. The van der Waals surface area contributed by atoms with Crippen molar-refractivity contribution in [1.82, 2.24) is 0 Å². The number of halogens is 4. The fourth-order valence-electron chi connectivity index (χ4n) is 0.510. The molecule has 0 amide bonds. The molecular formula is C4H8Cl4OSn. The van der Waals surface area contributed by atoms with Gasteiger partial charge in [0.15, 0.2) is 0 Å². The molecule has 1 fully saturated rings. The third kappa shape index (κ3) is 16.5. The summed E-state index contributed by atoms with van der Waals surface area (Å²) in [6, 6.07) is 0. The summed E-state index contributed by atoms with van der Waals surface area (Å²) < 4.78 is 4.94. The molecule has 0 saturated carbocycles. The minimum absolute atomic E-state index is 1.00. The van der Waals surface area contributed by atoms with Crippen LogP contribution in [0.3, 0.4) is 0 Å². The Morgan fingerprint density at radius 2 is 1.20 bits per heavy atom. The van der Waals surface area contributed by atoms with Crippen molar-refractivity contribution < 1.29 is 4.74 Å². The molecule has 0 aromatic heterocycles. The van der Waals surface area contributed by atoms with Crippen LogP contribution in [0, 0.1) is 0 Å². The van der Waals surface area contributed by atoms with E-state index in [-0.39, 0.29) is 0 Å². The molecule has 0 N–H and O–H groups in total. The van der Waals surface area contributed by atoms with Crippen molar-refractivity contribution in [2.45, 2.75) is 12.8 Å². The molecular weight excluding hydrogens is 325 g/mol. The van der Waals surface area contributed by atoms with Crippen molar-refractivity contribution in [3.05, 3.63) is 0 Å². The Bertz CT molecular complexity index is 66.2. The van der Waals surface area contributed by atoms with Crippen LogP contribution in [-0.2, 0) is 4.74 Å². The van der Waals surface area contributed by atoms with Gasteiger partial charge in [0, 0.05) is 13.2 Å². The van der Waals surface area contributed by atoms with Gasteiger partial charge >= 0.3 is 49.6 Å². The number of hydrogen-bond donors (Lipinski definition) is 0. The molecule has 1 aliphatic heterocycles. The Labute approximate surface area is 79.7 Å². The van der Waals surface area contributed by atoms with Crippen molar-refractivity contribution in [2.24, 2.45) is 0 Å². The van der Waals surface area contributed by atoms with E-state index >= 15 is 0 Å². The van der Waals surface area contributed by atoms with Crippen molar-refractivity contribution >= 4 is 49.6 Å². The molecule has 1 nitrogen and oxygen atoms in total. The van der Waals surface area contributed by atoms with Crippen molar-refractivity contribution in [1.29, 1.82) is 0 Å². The number of hydrogen-bond acceptors (Lipinski definition) is 1. The SMILES string of the molecule is C1CCOC1.[Cl][Sn]([Cl])([Cl])[Cl]. The second-order valence-electron chi connectivity index (χ2n) is 1.75. The monoisotopic (exact) mass is 332 g/mol. The molecule has 0 aromatic rings. The molecule has 0 radical (unpaired) electrons. The van der Waals surface area contributed by atoms with Gasteiger partial charge in [-0.25, -0.2) is 0 Å². The second-order valence-corrected chi connectivity index (χ2v) is 27.2. The number of rotatable bonds is 0. The molecule has 1 heterocycles. The van der Waals surface area contributed by atoms with Crippen LogP contribution < -0.4 is 0 Å². The Balaban J connectivity index is 0.000000162. The second kappa shape index (κ2) is 6.44. The van der Waals surface area contributed by atoms with Crippen LogP contribution >= 0.6 is 35.7 Å². The zero-order chi connectivity index (χ0) is 8.04. The van der Waals surface area contributed by atoms with E-state index in [1.165, 1.54) is 12.8 Å². The summed E-state index contributed by atoms with van der Waals surface area (Å²) in [5, 5.41) is 0. The Kier molecular flexibility index (Phi) is 7.67. The third-order valence-electron chi connectivity index (χ3n) is 0.827. The topological polar surface area (TPSA) is 9.23 Å². The summed E-state index contributed by atoms with van der Waals surface area (Å²) in [6.45, 7) is 2.00. The minimum atomic E-state index is -3.29. The van der Waals surface area contributed by atoms with E-state index in [9.17, 15) is 0 Å². The summed E-state index contributed by atoms with van der Waals surface area (Å²) in [7, 11) is 20.1. The zero-order valence-electron chi connectivity index (χ0n) is 5.25. The van der Waals surface area contributed by atoms with Gasteiger partial charge < -0.3 is 4.74 Å². The molecule has 1 aliphatic rings. The van der Waals surface area contributed by atoms with E-state index in [4.69, 9.17) is 40.4 Å². The molecule has 0 bridgehead atoms. The quantitative estimate of drug-likeness (QED) is 0.619. The van der Waals surface area contributed by atoms with E-state index in [0.29, 0.717) is 0 Å². The van der Waals surface area contributed by atoms with E-state index in [1.54, 1.807) is 0 Å². The van der Waals surface area contributed by atoms with Gasteiger partial charge in [0.25, 0.3) is 0 Å². The van der Waals surface area contributed by atoms with Crippen LogP contribution in [0.25, 0.3) is 0 Å². The molecule has 0 atom stereocenters. The van der Waals surface area contributed by atoms with Crippen molar-refractivity contribution in [3.63, 3.8) is 0 Å². The molecule has 0 aliphatic carbocycles. The molecule has 6 heteroatoms. The summed E-state index contributed by atoms with van der Waals surface area (Å²) in [5.74, 6) is 0. The maximum atomic E-state index is 5.04. The molecule has 0 spiro atoms. The molecule has 0 unspecified atom stereocenters. The van der Waals surface area contributed by atoms with Gasteiger partial charge in [0.1, 0.15) is 0 Å². The van der Waals surface area contributed by atoms with Gasteiger partial charge in [-0.15, -0.1) is 0 Å². The van der Waals surface area contributed by atoms with E-state index in [1.807, 2.05) is 0 Å². The fourth-order valence-corrected chi connectivity index (χ4v) is 0.510. The molecule has 1 saturated heterocycles. The zero-order valence-corrected chi connectivity index (χ0v) is 11.1. The van der Waals surface area contributed by atoms with Crippen molar-refractivity contribution in [3.8, 4) is 0 Å². The van der Waals surface area contributed by atoms with E-state index < -0.39 is 13.9 Å². The predicted molar refractivity (Wildman–Crippen MR) is 49.2 cm³/mol. The van der Waals surface area contributed by atoms with Gasteiger partial charge in [-0.05, 0) is 12.8 Å².